The lowest BCUT2D eigenvalue weighted by molar-refractivity contribution is -0.274. The number of nitrogens with one attached hydrogen (secondary N) is 1. The average molecular weight is 309 g/mol. The molecule has 20 heavy (non-hydrogen) atoms. The first-order chi connectivity index (χ1) is 9.28. The first-order valence-corrected chi connectivity index (χ1v) is 7.87. The quantitative estimate of drug-likeness (QED) is 0.842. The van der Waals surface area contributed by atoms with Crippen LogP contribution >= 0.6 is 0 Å². The highest BCUT2D eigenvalue weighted by atomic mass is 32.2. The monoisotopic (exact) mass is 309 g/mol. The van der Waals surface area contributed by atoms with E-state index in [1.165, 1.54) is 12.1 Å². The average Bonchev–Trinajstić information content (AvgIpc) is 2.33. The molecule has 3 nitrogen and oxygen atoms in total. The van der Waals surface area contributed by atoms with Crippen LogP contribution in [0.1, 0.15) is 18.9 Å². The van der Waals surface area contributed by atoms with Crippen LogP contribution in [-0.4, -0.2) is 28.6 Å². The molecular weight excluding hydrogens is 291 g/mol. The van der Waals surface area contributed by atoms with Gasteiger partial charge >= 0.3 is 6.36 Å². The Hall–Kier alpha value is -1.08. The van der Waals surface area contributed by atoms with E-state index in [0.717, 1.165) is 0 Å². The number of benzene rings is 1. The molecule has 0 bridgehead atoms. The minimum Gasteiger partial charge on any atom is -0.405 e. The summed E-state index contributed by atoms with van der Waals surface area (Å²) in [6.45, 7) is 2.17. The van der Waals surface area contributed by atoms with Crippen LogP contribution < -0.4 is 10.1 Å². The number of ether oxygens (including phenoxy) is 1. The molecule has 0 radical (unpaired) electrons. The van der Waals surface area contributed by atoms with E-state index in [9.17, 15) is 17.4 Å². The van der Waals surface area contributed by atoms with E-state index in [2.05, 4.69) is 10.1 Å². The largest absolute Gasteiger partial charge is 0.573 e. The van der Waals surface area contributed by atoms with Gasteiger partial charge in [-0.1, -0.05) is 18.2 Å². The molecule has 0 fully saturated rings. The minimum atomic E-state index is -4.69. The molecule has 1 N–H and O–H groups in total. The fourth-order valence-corrected chi connectivity index (χ4v) is 2.29. The molecule has 0 saturated carbocycles. The SMILES string of the molecule is CC(CCS(C)=O)NCc1ccccc1OC(F)(F)F. The van der Waals surface area contributed by atoms with Gasteiger partial charge in [-0.15, -0.1) is 13.2 Å². The highest BCUT2D eigenvalue weighted by Gasteiger charge is 2.31. The summed E-state index contributed by atoms with van der Waals surface area (Å²) in [6, 6.07) is 6.09. The van der Waals surface area contributed by atoms with E-state index in [1.54, 1.807) is 18.4 Å². The lowest BCUT2D eigenvalue weighted by atomic mass is 10.2. The van der Waals surface area contributed by atoms with Gasteiger partial charge in [-0.25, -0.2) is 0 Å². The lowest BCUT2D eigenvalue weighted by Gasteiger charge is -2.16. The molecule has 0 aliphatic heterocycles. The fraction of sp³-hybridized carbons (Fsp3) is 0.538. The van der Waals surface area contributed by atoms with Crippen LogP contribution in [0.25, 0.3) is 0 Å². The first kappa shape index (κ1) is 17.0. The molecule has 114 valence electrons. The highest BCUT2D eigenvalue weighted by molar-refractivity contribution is 7.84. The molecule has 0 saturated heterocycles. The van der Waals surface area contributed by atoms with Crippen molar-refractivity contribution in [3.63, 3.8) is 0 Å². The Labute approximate surface area is 119 Å². The van der Waals surface area contributed by atoms with Gasteiger partial charge in [0.05, 0.1) is 0 Å². The van der Waals surface area contributed by atoms with Gasteiger partial charge in [-0.2, -0.15) is 0 Å². The van der Waals surface area contributed by atoms with Gasteiger partial charge in [0.1, 0.15) is 5.75 Å². The van der Waals surface area contributed by atoms with Crippen molar-refractivity contribution in [3.05, 3.63) is 29.8 Å². The summed E-state index contributed by atoms with van der Waals surface area (Å²) in [5.41, 5.74) is 0.439. The molecule has 1 rings (SSSR count). The minimum absolute atomic E-state index is 0.0674. The van der Waals surface area contributed by atoms with Gasteiger partial charge in [-0.3, -0.25) is 4.21 Å². The Morgan fingerprint density at radius 1 is 1.35 bits per heavy atom. The number of hydrogen-bond acceptors (Lipinski definition) is 3. The van der Waals surface area contributed by atoms with E-state index >= 15 is 0 Å². The molecule has 0 heterocycles. The van der Waals surface area contributed by atoms with Crippen molar-refractivity contribution in [3.8, 4) is 5.75 Å². The molecule has 0 aromatic heterocycles. The first-order valence-electron chi connectivity index (χ1n) is 6.15. The van der Waals surface area contributed by atoms with Crippen molar-refractivity contribution in [1.82, 2.24) is 5.32 Å². The van der Waals surface area contributed by atoms with Gasteiger partial charge < -0.3 is 10.1 Å². The lowest BCUT2D eigenvalue weighted by Crippen LogP contribution is -2.27. The van der Waals surface area contributed by atoms with Gasteiger partial charge in [0.15, 0.2) is 0 Å². The highest BCUT2D eigenvalue weighted by Crippen LogP contribution is 2.26. The Morgan fingerprint density at radius 3 is 2.60 bits per heavy atom. The number of hydrogen-bond donors (Lipinski definition) is 1. The third-order valence-electron chi connectivity index (χ3n) is 2.68. The normalized spacial score (nSPS) is 14.8. The molecule has 1 aromatic carbocycles. The molecule has 0 spiro atoms. The maximum absolute atomic E-state index is 12.3. The maximum atomic E-state index is 12.3. The van der Waals surface area contributed by atoms with Crippen LogP contribution in [0.4, 0.5) is 13.2 Å². The number of para-hydroxylation sites is 1. The molecular formula is C13H18F3NO2S. The van der Waals surface area contributed by atoms with Crippen molar-refractivity contribution >= 4 is 10.8 Å². The van der Waals surface area contributed by atoms with Crippen LogP contribution in [0.2, 0.25) is 0 Å². The summed E-state index contributed by atoms with van der Waals surface area (Å²) in [4.78, 5) is 0. The molecule has 7 heteroatoms. The van der Waals surface area contributed by atoms with Crippen LogP contribution in [0.3, 0.4) is 0 Å². The standard InChI is InChI=1S/C13H18F3NO2S/c1-10(7-8-20(2)18)17-9-11-5-3-4-6-12(11)19-13(14,15)16/h3-6,10,17H,7-9H2,1-2H3. The van der Waals surface area contributed by atoms with E-state index in [1.807, 2.05) is 6.92 Å². The topological polar surface area (TPSA) is 38.3 Å². The van der Waals surface area contributed by atoms with Gasteiger partial charge in [-0.05, 0) is 19.4 Å². The van der Waals surface area contributed by atoms with E-state index in [0.29, 0.717) is 17.7 Å². The van der Waals surface area contributed by atoms with Crippen LogP contribution in [0.5, 0.6) is 5.75 Å². The Kier molecular flexibility index (Phi) is 6.48. The van der Waals surface area contributed by atoms with Crippen molar-refractivity contribution in [2.45, 2.75) is 32.3 Å². The second-order valence-electron chi connectivity index (χ2n) is 4.50. The smallest absolute Gasteiger partial charge is 0.405 e. The summed E-state index contributed by atoms with van der Waals surface area (Å²) >= 11 is 0. The van der Waals surface area contributed by atoms with Gasteiger partial charge in [0.25, 0.3) is 0 Å². The Bertz CT molecular complexity index is 451. The summed E-state index contributed by atoms with van der Waals surface area (Å²) in [5.74, 6) is 0.369. The summed E-state index contributed by atoms with van der Waals surface area (Å²) < 4.78 is 51.7. The zero-order chi connectivity index (χ0) is 15.2. The Morgan fingerprint density at radius 2 is 2.00 bits per heavy atom. The molecule has 2 unspecified atom stereocenters. The van der Waals surface area contributed by atoms with Crippen molar-refractivity contribution < 1.29 is 22.1 Å². The molecule has 2 atom stereocenters. The van der Waals surface area contributed by atoms with Crippen molar-refractivity contribution in [1.29, 1.82) is 0 Å². The zero-order valence-corrected chi connectivity index (χ0v) is 12.2. The summed E-state index contributed by atoms with van der Waals surface area (Å²) in [5, 5.41) is 3.10. The van der Waals surface area contributed by atoms with Crippen LogP contribution in [0, 0.1) is 0 Å². The summed E-state index contributed by atoms with van der Waals surface area (Å²) in [6.07, 6.45) is -2.37. The van der Waals surface area contributed by atoms with E-state index in [-0.39, 0.29) is 18.3 Å². The number of rotatable bonds is 7. The van der Waals surface area contributed by atoms with Crippen molar-refractivity contribution in [2.75, 3.05) is 12.0 Å². The fourth-order valence-electron chi connectivity index (χ4n) is 1.60. The van der Waals surface area contributed by atoms with Crippen LogP contribution in [0.15, 0.2) is 24.3 Å². The van der Waals surface area contributed by atoms with Gasteiger partial charge in [0, 0.05) is 41.0 Å². The molecule has 0 aliphatic rings. The maximum Gasteiger partial charge on any atom is 0.573 e. The zero-order valence-electron chi connectivity index (χ0n) is 11.4. The van der Waals surface area contributed by atoms with Crippen LogP contribution in [-0.2, 0) is 17.3 Å². The number of alkyl halides is 3. The molecule has 0 aliphatic carbocycles. The summed E-state index contributed by atoms with van der Waals surface area (Å²) in [7, 11) is -0.865. The Balaban J connectivity index is 2.57. The predicted octanol–water partition coefficient (Wildman–Crippen LogP) is 2.83. The predicted molar refractivity (Wildman–Crippen MR) is 73.0 cm³/mol. The van der Waals surface area contributed by atoms with E-state index in [4.69, 9.17) is 0 Å². The van der Waals surface area contributed by atoms with Crippen molar-refractivity contribution in [2.24, 2.45) is 0 Å². The number of halogens is 3. The molecule has 1 aromatic rings. The molecule has 0 amide bonds. The second-order valence-corrected chi connectivity index (χ2v) is 6.06. The third-order valence-corrected chi connectivity index (χ3v) is 3.49. The van der Waals surface area contributed by atoms with Gasteiger partial charge in [0.2, 0.25) is 0 Å². The second kappa shape index (κ2) is 7.64. The van der Waals surface area contributed by atoms with E-state index < -0.39 is 17.2 Å². The third kappa shape index (κ3) is 6.91.